The number of hydrogen-bond donors (Lipinski definition) is 0. The van der Waals surface area contributed by atoms with Crippen LogP contribution in [0.1, 0.15) is 10.4 Å². The molecule has 0 N–H and O–H groups in total. The Morgan fingerprint density at radius 2 is 1.82 bits per heavy atom. The smallest absolute Gasteiger partial charge is 0.155 e. The zero-order chi connectivity index (χ0) is 15.7. The van der Waals surface area contributed by atoms with Gasteiger partial charge in [0.05, 0.1) is 11.3 Å². The molecule has 0 spiro atoms. The van der Waals surface area contributed by atoms with E-state index < -0.39 is 5.82 Å². The molecule has 0 aliphatic heterocycles. The second-order valence-corrected chi connectivity index (χ2v) is 5.36. The Morgan fingerprint density at radius 1 is 1.09 bits per heavy atom. The van der Waals surface area contributed by atoms with E-state index in [0.29, 0.717) is 28.3 Å². The second kappa shape index (κ2) is 5.91. The highest BCUT2D eigenvalue weighted by atomic mass is 35.5. The fraction of sp³-hybridized carbons (Fsp3) is 0. The molecule has 0 bridgehead atoms. The molecule has 2 aromatic carbocycles. The van der Waals surface area contributed by atoms with Crippen LogP contribution in [0, 0.1) is 5.82 Å². The predicted octanol–water partition coefficient (Wildman–Crippen LogP) is 4.80. The van der Waals surface area contributed by atoms with Crippen molar-refractivity contribution in [2.24, 2.45) is 0 Å². The summed E-state index contributed by atoms with van der Waals surface area (Å²) >= 11 is 12.1. The van der Waals surface area contributed by atoms with Gasteiger partial charge in [0.1, 0.15) is 16.7 Å². The molecule has 0 radical (unpaired) electrons. The van der Waals surface area contributed by atoms with Gasteiger partial charge >= 0.3 is 0 Å². The van der Waals surface area contributed by atoms with Crippen LogP contribution in [-0.4, -0.2) is 16.1 Å². The quantitative estimate of drug-likeness (QED) is 0.645. The number of aromatic nitrogens is 2. The third-order valence-corrected chi connectivity index (χ3v) is 3.77. The van der Waals surface area contributed by atoms with Crippen molar-refractivity contribution in [2.45, 2.75) is 0 Å². The highest BCUT2D eigenvalue weighted by Crippen LogP contribution is 2.30. The maximum absolute atomic E-state index is 13.4. The lowest BCUT2D eigenvalue weighted by atomic mass is 10.1. The van der Waals surface area contributed by atoms with E-state index in [1.54, 1.807) is 36.4 Å². The van der Waals surface area contributed by atoms with Crippen molar-refractivity contribution in [3.05, 3.63) is 70.1 Å². The van der Waals surface area contributed by atoms with Crippen LogP contribution in [0.15, 0.2) is 48.5 Å². The largest absolute Gasteiger partial charge is 0.298 e. The molecule has 1 aromatic heterocycles. The first-order valence-corrected chi connectivity index (χ1v) is 7.11. The summed E-state index contributed by atoms with van der Waals surface area (Å²) in [4.78, 5) is 11.4. The fourth-order valence-corrected chi connectivity index (χ4v) is 2.51. The summed E-state index contributed by atoms with van der Waals surface area (Å²) in [7, 11) is 0. The standard InChI is InChI=1S/C16H9Cl2FN2O/c17-11-6-4-10(5-7-11)15-14(9-22)16(18)21(20-15)13-3-1-2-12(19)8-13/h1-9H. The molecule has 0 unspecified atom stereocenters. The number of benzene rings is 2. The summed E-state index contributed by atoms with van der Waals surface area (Å²) in [5.41, 5.74) is 1.80. The van der Waals surface area contributed by atoms with Crippen LogP contribution < -0.4 is 0 Å². The molecule has 110 valence electrons. The lowest BCUT2D eigenvalue weighted by molar-refractivity contribution is 0.112. The van der Waals surface area contributed by atoms with Gasteiger partial charge in [0.25, 0.3) is 0 Å². The number of aldehydes is 1. The predicted molar refractivity (Wildman–Crippen MR) is 84.4 cm³/mol. The molecule has 22 heavy (non-hydrogen) atoms. The van der Waals surface area contributed by atoms with Gasteiger partial charge in [0.2, 0.25) is 0 Å². The van der Waals surface area contributed by atoms with Gasteiger partial charge in [0.15, 0.2) is 6.29 Å². The van der Waals surface area contributed by atoms with E-state index in [0.717, 1.165) is 0 Å². The molecule has 1 heterocycles. The SMILES string of the molecule is O=Cc1c(-c2ccc(Cl)cc2)nn(-c2cccc(F)c2)c1Cl. The molecule has 0 fully saturated rings. The molecular weight excluding hydrogens is 326 g/mol. The zero-order valence-electron chi connectivity index (χ0n) is 11.1. The Labute approximate surface area is 135 Å². The molecule has 6 heteroatoms. The van der Waals surface area contributed by atoms with Crippen molar-refractivity contribution in [3.63, 3.8) is 0 Å². The summed E-state index contributed by atoms with van der Waals surface area (Å²) in [6.07, 6.45) is 0.634. The number of rotatable bonds is 3. The van der Waals surface area contributed by atoms with Crippen molar-refractivity contribution in [2.75, 3.05) is 0 Å². The minimum atomic E-state index is -0.412. The van der Waals surface area contributed by atoms with Crippen LogP contribution in [0.25, 0.3) is 16.9 Å². The van der Waals surface area contributed by atoms with E-state index >= 15 is 0 Å². The molecule has 0 atom stereocenters. The number of hydrogen-bond acceptors (Lipinski definition) is 2. The van der Waals surface area contributed by atoms with Crippen molar-refractivity contribution < 1.29 is 9.18 Å². The number of nitrogens with zero attached hydrogens (tertiary/aromatic N) is 2. The topological polar surface area (TPSA) is 34.9 Å². The summed E-state index contributed by atoms with van der Waals surface area (Å²) < 4.78 is 14.7. The van der Waals surface area contributed by atoms with Crippen molar-refractivity contribution in [1.29, 1.82) is 0 Å². The Kier molecular flexibility index (Phi) is 3.96. The Morgan fingerprint density at radius 3 is 2.45 bits per heavy atom. The first-order valence-electron chi connectivity index (χ1n) is 6.35. The van der Waals surface area contributed by atoms with Gasteiger partial charge in [-0.2, -0.15) is 5.10 Å². The fourth-order valence-electron chi connectivity index (χ4n) is 2.11. The van der Waals surface area contributed by atoms with Gasteiger partial charge < -0.3 is 0 Å². The molecule has 0 amide bonds. The maximum atomic E-state index is 13.4. The van der Waals surface area contributed by atoms with Gasteiger partial charge in [-0.1, -0.05) is 41.4 Å². The van der Waals surface area contributed by atoms with Crippen molar-refractivity contribution >= 4 is 29.5 Å². The van der Waals surface area contributed by atoms with E-state index in [4.69, 9.17) is 23.2 Å². The van der Waals surface area contributed by atoms with Crippen LogP contribution in [0.5, 0.6) is 0 Å². The second-order valence-electron chi connectivity index (χ2n) is 4.57. The van der Waals surface area contributed by atoms with Crippen LogP contribution >= 0.6 is 23.2 Å². The zero-order valence-corrected chi connectivity index (χ0v) is 12.6. The van der Waals surface area contributed by atoms with E-state index in [1.807, 2.05) is 0 Å². The van der Waals surface area contributed by atoms with E-state index in [-0.39, 0.29) is 10.7 Å². The van der Waals surface area contributed by atoms with Gasteiger partial charge in [-0.25, -0.2) is 9.07 Å². The Balaban J connectivity index is 2.18. The summed E-state index contributed by atoms with van der Waals surface area (Å²) in [5, 5.41) is 5.04. The van der Waals surface area contributed by atoms with Gasteiger partial charge in [-0.05, 0) is 30.3 Å². The summed E-state index contributed by atoms with van der Waals surface area (Å²) in [5.74, 6) is -0.412. The molecule has 0 saturated carbocycles. The molecule has 0 saturated heterocycles. The third-order valence-electron chi connectivity index (χ3n) is 3.15. The highest BCUT2D eigenvalue weighted by molar-refractivity contribution is 6.33. The Hall–Kier alpha value is -2.17. The van der Waals surface area contributed by atoms with Gasteiger partial charge in [-0.15, -0.1) is 0 Å². The average Bonchev–Trinajstić information content (AvgIpc) is 2.85. The number of carbonyl (C=O) groups excluding carboxylic acids is 1. The van der Waals surface area contributed by atoms with Crippen molar-refractivity contribution in [1.82, 2.24) is 9.78 Å². The van der Waals surface area contributed by atoms with E-state index in [9.17, 15) is 9.18 Å². The lowest BCUT2D eigenvalue weighted by Crippen LogP contribution is -1.97. The normalized spacial score (nSPS) is 10.7. The van der Waals surface area contributed by atoms with Crippen molar-refractivity contribution in [3.8, 4) is 16.9 Å². The molecule has 0 aliphatic rings. The lowest BCUT2D eigenvalue weighted by Gasteiger charge is -2.02. The van der Waals surface area contributed by atoms with Crippen LogP contribution in [0.4, 0.5) is 4.39 Å². The first kappa shape index (κ1) is 14.8. The third kappa shape index (κ3) is 2.63. The van der Waals surface area contributed by atoms with Crippen LogP contribution in [-0.2, 0) is 0 Å². The van der Waals surface area contributed by atoms with Gasteiger partial charge in [-0.3, -0.25) is 4.79 Å². The summed E-state index contributed by atoms with van der Waals surface area (Å²) in [6.45, 7) is 0. The minimum absolute atomic E-state index is 0.130. The highest BCUT2D eigenvalue weighted by Gasteiger charge is 2.18. The van der Waals surface area contributed by atoms with E-state index in [1.165, 1.54) is 16.8 Å². The molecule has 0 aliphatic carbocycles. The molecule has 3 rings (SSSR count). The number of halogens is 3. The van der Waals surface area contributed by atoms with Crippen LogP contribution in [0.3, 0.4) is 0 Å². The average molecular weight is 335 g/mol. The molecule has 3 nitrogen and oxygen atoms in total. The monoisotopic (exact) mass is 334 g/mol. The minimum Gasteiger partial charge on any atom is -0.298 e. The molecule has 3 aromatic rings. The number of carbonyl (C=O) groups is 1. The first-order chi connectivity index (χ1) is 10.6. The molecular formula is C16H9Cl2FN2O. The van der Waals surface area contributed by atoms with Gasteiger partial charge in [0, 0.05) is 10.6 Å². The summed E-state index contributed by atoms with van der Waals surface area (Å²) in [6, 6.07) is 12.7. The van der Waals surface area contributed by atoms with Crippen LogP contribution in [0.2, 0.25) is 10.2 Å². The Bertz CT molecular complexity index is 844. The van der Waals surface area contributed by atoms with E-state index in [2.05, 4.69) is 5.10 Å². The maximum Gasteiger partial charge on any atom is 0.155 e.